The summed E-state index contributed by atoms with van der Waals surface area (Å²) in [5.41, 5.74) is 24.2. The van der Waals surface area contributed by atoms with E-state index in [1.54, 1.807) is 6.07 Å². The molecule has 0 fully saturated rings. The lowest BCUT2D eigenvalue weighted by molar-refractivity contribution is 0.482. The van der Waals surface area contributed by atoms with Crippen molar-refractivity contribution in [3.63, 3.8) is 0 Å². The van der Waals surface area contributed by atoms with E-state index in [2.05, 4.69) is 276 Å². The number of furan rings is 1. The predicted molar refractivity (Wildman–Crippen MR) is 354 cm³/mol. The number of pyridine rings is 1. The number of hydrogen-bond acceptors (Lipinski definition) is 4. The summed E-state index contributed by atoms with van der Waals surface area (Å²) in [6.45, 7) is 11.2. The first-order valence-corrected chi connectivity index (χ1v) is 29.2. The summed E-state index contributed by atoms with van der Waals surface area (Å²) in [5.74, 6) is 0.866. The smallest absolute Gasteiger partial charge is 0.164 e. The van der Waals surface area contributed by atoms with Crippen LogP contribution in [0.25, 0.3) is 150 Å². The number of benzene rings is 12. The zero-order valence-electron chi connectivity index (χ0n) is 48.0. The van der Waals surface area contributed by atoms with Crippen LogP contribution in [-0.4, -0.2) is 19.6 Å². The van der Waals surface area contributed by atoms with E-state index < -0.39 is 0 Å². The first kappa shape index (κ1) is 51.3. The molecule has 12 aromatic carbocycles. The second-order valence-electron chi connectivity index (χ2n) is 23.5. The Morgan fingerprint density at radius 3 is 1.61 bits per heavy atom. The number of phenols is 1. The summed E-state index contributed by atoms with van der Waals surface area (Å²) in [7, 11) is 0. The third kappa shape index (κ3) is 8.78. The van der Waals surface area contributed by atoms with Crippen LogP contribution in [0.15, 0.2) is 265 Å². The molecule has 0 aliphatic rings. The molecule has 0 amide bonds. The molecule has 0 saturated carbocycles. The maximum absolute atomic E-state index is 11.5. The molecule has 0 aliphatic heterocycles. The molecule has 0 saturated heterocycles. The number of nitrogens with zero attached hydrogens (tertiary/aromatic N) is 3. The van der Waals surface area contributed by atoms with E-state index >= 15 is 0 Å². The Bertz CT molecular complexity index is 5050. The highest BCUT2D eigenvalue weighted by molar-refractivity contribution is 6.18. The average Bonchev–Trinajstić information content (AvgIpc) is 3.73. The maximum Gasteiger partial charge on any atom is 0.164 e. The van der Waals surface area contributed by atoms with Gasteiger partial charge in [-0.05, 0) is 156 Å². The highest BCUT2D eigenvalue weighted by atomic mass is 16.3. The number of aryl methyl sites for hydroxylation is 2. The lowest BCUT2D eigenvalue weighted by atomic mass is 9.82. The van der Waals surface area contributed by atoms with Crippen molar-refractivity contribution in [2.45, 2.75) is 40.0 Å². The third-order valence-corrected chi connectivity index (χ3v) is 17.1. The van der Waals surface area contributed by atoms with Crippen molar-refractivity contribution in [3.8, 4) is 101 Å². The van der Waals surface area contributed by atoms with Crippen LogP contribution in [0.3, 0.4) is 0 Å². The first-order valence-electron chi connectivity index (χ1n) is 29.2. The van der Waals surface area contributed by atoms with Crippen molar-refractivity contribution in [1.82, 2.24) is 14.5 Å². The molecule has 406 valence electrons. The van der Waals surface area contributed by atoms with E-state index in [1.165, 1.54) is 5.56 Å². The second kappa shape index (κ2) is 20.4. The minimum absolute atomic E-state index is 0.0814. The minimum atomic E-state index is -0.0814. The number of aromatic nitrogens is 3. The summed E-state index contributed by atoms with van der Waals surface area (Å²) in [6, 6.07) is 93.0. The number of aromatic hydroxyl groups is 1. The Kier molecular flexibility index (Phi) is 12.3. The fourth-order valence-corrected chi connectivity index (χ4v) is 13.0. The quantitative estimate of drug-likeness (QED) is 0.146. The fraction of sp³-hybridized carbons (Fsp3) is 0.0750. The summed E-state index contributed by atoms with van der Waals surface area (Å²) in [4.78, 5) is 11.5. The molecule has 0 spiro atoms. The summed E-state index contributed by atoms with van der Waals surface area (Å²) in [6.07, 6.45) is 0. The molecule has 5 heteroatoms. The van der Waals surface area contributed by atoms with Crippen LogP contribution in [0.4, 0.5) is 0 Å². The van der Waals surface area contributed by atoms with Crippen molar-refractivity contribution < 1.29 is 9.52 Å². The van der Waals surface area contributed by atoms with Gasteiger partial charge < -0.3 is 9.52 Å². The van der Waals surface area contributed by atoms with E-state index in [4.69, 9.17) is 14.4 Å². The average molecular weight is 1090 g/mol. The normalized spacial score (nSPS) is 11.9. The van der Waals surface area contributed by atoms with Gasteiger partial charge in [0, 0.05) is 27.1 Å². The van der Waals surface area contributed by atoms with Crippen LogP contribution in [0, 0.1) is 13.8 Å². The van der Waals surface area contributed by atoms with E-state index in [0.717, 1.165) is 138 Å². The standard InChI is InChI=1S/C80H59N3O2/c1-49-22-17-23-50(2)78(49)83-68-47-58(72-60(51-24-9-6-10-25-51)34-20-37-63(72)56-31-18-32-59(44-56)80(3,4)5)46-65(77(68)82-79(83)67-43-42-55-41-40-54-30-19-38-69(84)73(54)76(55)81-67)57-45-66(75-64-33-15-16-39-70(64)85-71(75)48-57)74-61(52-26-11-7-12-27-52)35-21-36-62(74)53-28-13-8-14-29-53/h6-48,84H,1-5H3. The van der Waals surface area contributed by atoms with Crippen LogP contribution in [-0.2, 0) is 5.41 Å². The number of hydrogen-bond donors (Lipinski definition) is 1. The molecule has 3 heterocycles. The van der Waals surface area contributed by atoms with Crippen LogP contribution in [0.2, 0.25) is 0 Å². The molecule has 1 N–H and O–H groups in total. The second-order valence-corrected chi connectivity index (χ2v) is 23.5. The van der Waals surface area contributed by atoms with E-state index in [9.17, 15) is 5.11 Å². The van der Waals surface area contributed by atoms with E-state index in [0.29, 0.717) is 22.4 Å². The van der Waals surface area contributed by atoms with Crippen molar-refractivity contribution in [2.24, 2.45) is 0 Å². The van der Waals surface area contributed by atoms with Gasteiger partial charge >= 0.3 is 0 Å². The van der Waals surface area contributed by atoms with Gasteiger partial charge in [0.2, 0.25) is 0 Å². The molecule has 3 aromatic heterocycles. The van der Waals surface area contributed by atoms with Crippen molar-refractivity contribution >= 4 is 54.6 Å². The minimum Gasteiger partial charge on any atom is -0.507 e. The Hall–Kier alpha value is -10.6. The first-order chi connectivity index (χ1) is 41.5. The highest BCUT2D eigenvalue weighted by Crippen LogP contribution is 2.50. The zero-order valence-corrected chi connectivity index (χ0v) is 48.0. The van der Waals surface area contributed by atoms with Crippen LogP contribution < -0.4 is 0 Å². The van der Waals surface area contributed by atoms with Gasteiger partial charge in [0.05, 0.1) is 22.2 Å². The van der Waals surface area contributed by atoms with Gasteiger partial charge in [0.1, 0.15) is 22.6 Å². The molecule has 5 nitrogen and oxygen atoms in total. The van der Waals surface area contributed by atoms with Gasteiger partial charge in [-0.25, -0.2) is 9.97 Å². The van der Waals surface area contributed by atoms with Gasteiger partial charge in [-0.15, -0.1) is 0 Å². The molecular formula is C80H59N3O2. The number of fused-ring (bicyclic) bond motifs is 7. The van der Waals surface area contributed by atoms with Crippen LogP contribution in [0.5, 0.6) is 5.75 Å². The molecule has 0 unspecified atom stereocenters. The maximum atomic E-state index is 11.5. The molecule has 0 aliphatic carbocycles. The van der Waals surface area contributed by atoms with Crippen LogP contribution >= 0.6 is 0 Å². The molecule has 0 atom stereocenters. The summed E-state index contributed by atoms with van der Waals surface area (Å²) >= 11 is 0. The number of rotatable bonds is 9. The van der Waals surface area contributed by atoms with Crippen molar-refractivity contribution in [2.75, 3.05) is 0 Å². The third-order valence-electron chi connectivity index (χ3n) is 17.1. The molecule has 85 heavy (non-hydrogen) atoms. The van der Waals surface area contributed by atoms with Gasteiger partial charge in [-0.2, -0.15) is 0 Å². The van der Waals surface area contributed by atoms with Gasteiger partial charge in [0.15, 0.2) is 5.82 Å². The molecule has 15 rings (SSSR count). The van der Waals surface area contributed by atoms with Crippen molar-refractivity contribution in [1.29, 1.82) is 0 Å². The molecular weight excluding hydrogens is 1030 g/mol. The highest BCUT2D eigenvalue weighted by Gasteiger charge is 2.28. The Balaban J connectivity index is 1.12. The van der Waals surface area contributed by atoms with Crippen LogP contribution in [0.1, 0.15) is 37.5 Å². The summed E-state index contributed by atoms with van der Waals surface area (Å²) in [5, 5.41) is 16.2. The predicted octanol–water partition coefficient (Wildman–Crippen LogP) is 21.6. The lowest BCUT2D eigenvalue weighted by Crippen LogP contribution is -2.10. The van der Waals surface area contributed by atoms with Gasteiger partial charge in [0.25, 0.3) is 0 Å². The van der Waals surface area contributed by atoms with E-state index in [-0.39, 0.29) is 11.2 Å². The van der Waals surface area contributed by atoms with Crippen molar-refractivity contribution in [3.05, 3.63) is 278 Å². The number of phenolic OH excluding ortho intramolecular Hbond substituents is 1. The SMILES string of the molecule is Cc1cccc(C)c1-n1c(-c2ccc3ccc4cccc(O)c4c3n2)nc2c(-c3cc(-c4c(-c5ccccc5)cccc4-c4ccccc4)c4c(c3)oc3ccccc34)cc(-c3c(-c4ccccc4)cccc3-c3cccc(C(C)(C)C)c3)cc21. The largest absolute Gasteiger partial charge is 0.507 e. The monoisotopic (exact) mass is 1090 g/mol. The number of imidazole rings is 1. The Morgan fingerprint density at radius 1 is 0.388 bits per heavy atom. The molecule has 15 aromatic rings. The fourth-order valence-electron chi connectivity index (χ4n) is 13.0. The Labute approximate surface area is 494 Å². The zero-order chi connectivity index (χ0) is 57.5. The molecule has 0 bridgehead atoms. The number of para-hydroxylation sites is 2. The summed E-state index contributed by atoms with van der Waals surface area (Å²) < 4.78 is 9.46. The topological polar surface area (TPSA) is 64.1 Å². The van der Waals surface area contributed by atoms with E-state index in [1.807, 2.05) is 18.2 Å². The Morgan fingerprint density at radius 2 is 0.941 bits per heavy atom. The molecule has 0 radical (unpaired) electrons. The van der Waals surface area contributed by atoms with Gasteiger partial charge in [-0.1, -0.05) is 239 Å². The van der Waals surface area contributed by atoms with Gasteiger partial charge in [-0.3, -0.25) is 4.57 Å². The lowest BCUT2D eigenvalue weighted by Gasteiger charge is -2.22.